The Hall–Kier alpha value is -2.36. The first-order chi connectivity index (χ1) is 11.6. The van der Waals surface area contributed by atoms with E-state index in [1.807, 2.05) is 36.6 Å². The van der Waals surface area contributed by atoms with E-state index < -0.39 is 6.04 Å². The molecular formula is C18H20N2O3S. The zero-order chi connectivity index (χ0) is 17.4. The number of aromatic nitrogens is 1. The highest BCUT2D eigenvalue weighted by atomic mass is 32.1. The molecule has 0 saturated carbocycles. The van der Waals surface area contributed by atoms with E-state index in [0.29, 0.717) is 18.7 Å². The second-order valence-corrected chi connectivity index (χ2v) is 6.31. The molecule has 2 aromatic rings. The van der Waals surface area contributed by atoms with Crippen molar-refractivity contribution >= 4 is 17.2 Å². The minimum absolute atomic E-state index is 0.155. The second-order valence-electron chi connectivity index (χ2n) is 5.37. The Labute approximate surface area is 145 Å². The van der Waals surface area contributed by atoms with Crippen LogP contribution in [0.4, 0.5) is 0 Å². The van der Waals surface area contributed by atoms with Crippen molar-refractivity contribution < 1.29 is 14.6 Å². The van der Waals surface area contributed by atoms with Crippen LogP contribution in [-0.4, -0.2) is 28.6 Å². The molecule has 0 aliphatic rings. The van der Waals surface area contributed by atoms with E-state index in [1.54, 1.807) is 0 Å². The molecule has 0 unspecified atom stereocenters. The average molecular weight is 344 g/mol. The lowest BCUT2D eigenvalue weighted by atomic mass is 10.2. The predicted molar refractivity (Wildman–Crippen MR) is 93.8 cm³/mol. The summed E-state index contributed by atoms with van der Waals surface area (Å²) < 4.78 is 5.67. The normalized spacial score (nSPS) is 11.5. The van der Waals surface area contributed by atoms with Crippen LogP contribution >= 0.6 is 11.3 Å². The molecule has 1 aromatic heterocycles. The van der Waals surface area contributed by atoms with Gasteiger partial charge in [-0.1, -0.05) is 17.7 Å². The summed E-state index contributed by atoms with van der Waals surface area (Å²) in [7, 11) is 0. The molecule has 1 atom stereocenters. The summed E-state index contributed by atoms with van der Waals surface area (Å²) in [6, 6.07) is 7.39. The van der Waals surface area contributed by atoms with Crippen molar-refractivity contribution in [2.75, 3.05) is 6.61 Å². The van der Waals surface area contributed by atoms with Crippen molar-refractivity contribution in [3.8, 4) is 18.1 Å². The first kappa shape index (κ1) is 18.0. The van der Waals surface area contributed by atoms with Gasteiger partial charge in [0, 0.05) is 11.8 Å². The number of amides is 1. The molecule has 0 spiro atoms. The summed E-state index contributed by atoms with van der Waals surface area (Å²) in [5.41, 5.74) is 1.85. The number of aryl methyl sites for hydroxylation is 1. The summed E-state index contributed by atoms with van der Waals surface area (Å²) in [4.78, 5) is 16.3. The topological polar surface area (TPSA) is 71.5 Å². The summed E-state index contributed by atoms with van der Waals surface area (Å²) in [6.45, 7) is 2.21. The first-order valence-electron chi connectivity index (χ1n) is 7.57. The molecular weight excluding hydrogens is 324 g/mol. The van der Waals surface area contributed by atoms with Gasteiger partial charge in [-0.2, -0.15) is 0 Å². The van der Waals surface area contributed by atoms with Crippen molar-refractivity contribution in [2.45, 2.75) is 32.4 Å². The minimum atomic E-state index is -0.412. The number of carbonyl (C=O) groups excluding carboxylic acids is 1. The van der Waals surface area contributed by atoms with Gasteiger partial charge in [-0.25, -0.2) is 4.98 Å². The Balaban J connectivity index is 1.83. The van der Waals surface area contributed by atoms with Crippen LogP contribution in [-0.2, 0) is 17.8 Å². The number of nitrogens with zero attached hydrogens (tertiary/aromatic N) is 1. The molecule has 2 N–H and O–H groups in total. The predicted octanol–water partition coefficient (Wildman–Crippen LogP) is 2.07. The second kappa shape index (κ2) is 9.06. The van der Waals surface area contributed by atoms with Crippen LogP contribution in [0.2, 0.25) is 0 Å². The van der Waals surface area contributed by atoms with Gasteiger partial charge in [-0.05, 0) is 19.1 Å². The summed E-state index contributed by atoms with van der Waals surface area (Å²) in [5, 5.41) is 14.5. The molecule has 0 bridgehead atoms. The van der Waals surface area contributed by atoms with Gasteiger partial charge in [0.25, 0.3) is 0 Å². The number of aliphatic hydroxyl groups excluding tert-OH is 1. The number of aliphatic hydroxyl groups is 1. The molecule has 6 heteroatoms. The number of nitrogens with one attached hydrogen (secondary N) is 1. The van der Waals surface area contributed by atoms with Gasteiger partial charge in [-0.15, -0.1) is 23.7 Å². The monoisotopic (exact) mass is 344 g/mol. The van der Waals surface area contributed by atoms with E-state index in [2.05, 4.69) is 16.2 Å². The van der Waals surface area contributed by atoms with E-state index in [4.69, 9.17) is 16.3 Å². The number of rotatable bonds is 8. The number of terminal acetylenes is 1. The standard InChI is InChI=1S/C18H20N2O3S/c1-3-4-14(10-21)19-17(22)9-15-12-24-18(20-15)11-23-16-7-5-13(2)6-8-16/h1,5-8,12,14,21H,4,9-11H2,2H3,(H,19,22)/t14-/m1/s1. The Bertz CT molecular complexity index is 704. The lowest BCUT2D eigenvalue weighted by Crippen LogP contribution is -2.38. The zero-order valence-corrected chi connectivity index (χ0v) is 14.3. The van der Waals surface area contributed by atoms with Crippen LogP contribution in [0.15, 0.2) is 29.6 Å². The third kappa shape index (κ3) is 5.69. The third-order valence-corrected chi connectivity index (χ3v) is 4.15. The molecule has 5 nitrogen and oxygen atoms in total. The van der Waals surface area contributed by atoms with Gasteiger partial charge in [-0.3, -0.25) is 4.79 Å². The minimum Gasteiger partial charge on any atom is -0.486 e. The van der Waals surface area contributed by atoms with Gasteiger partial charge < -0.3 is 15.2 Å². The molecule has 126 valence electrons. The number of hydrogen-bond acceptors (Lipinski definition) is 5. The van der Waals surface area contributed by atoms with E-state index in [1.165, 1.54) is 16.9 Å². The highest BCUT2D eigenvalue weighted by molar-refractivity contribution is 7.09. The number of carbonyl (C=O) groups is 1. The number of thiazole rings is 1. The summed E-state index contributed by atoms with van der Waals surface area (Å²) in [5.74, 6) is 3.00. The molecule has 0 radical (unpaired) electrons. The van der Waals surface area contributed by atoms with E-state index >= 15 is 0 Å². The lowest BCUT2D eigenvalue weighted by molar-refractivity contribution is -0.121. The number of hydrogen-bond donors (Lipinski definition) is 2. The van der Waals surface area contributed by atoms with Crippen LogP contribution in [0.3, 0.4) is 0 Å². The molecule has 0 aliphatic carbocycles. The smallest absolute Gasteiger partial charge is 0.226 e. The van der Waals surface area contributed by atoms with Crippen LogP contribution < -0.4 is 10.1 Å². The third-order valence-electron chi connectivity index (χ3n) is 3.27. The quantitative estimate of drug-likeness (QED) is 0.719. The van der Waals surface area contributed by atoms with Crippen molar-refractivity contribution in [2.24, 2.45) is 0 Å². The Morgan fingerprint density at radius 1 is 1.46 bits per heavy atom. The van der Waals surface area contributed by atoms with E-state index in [-0.39, 0.29) is 18.9 Å². The maximum absolute atomic E-state index is 11.9. The molecule has 1 amide bonds. The average Bonchev–Trinajstić information content (AvgIpc) is 3.01. The Morgan fingerprint density at radius 2 is 2.21 bits per heavy atom. The lowest BCUT2D eigenvalue weighted by Gasteiger charge is -2.12. The van der Waals surface area contributed by atoms with Gasteiger partial charge in [0.1, 0.15) is 17.4 Å². The fourth-order valence-electron chi connectivity index (χ4n) is 2.02. The van der Waals surface area contributed by atoms with Crippen molar-refractivity contribution in [3.63, 3.8) is 0 Å². The first-order valence-corrected chi connectivity index (χ1v) is 8.45. The molecule has 24 heavy (non-hydrogen) atoms. The highest BCUT2D eigenvalue weighted by Gasteiger charge is 2.12. The maximum atomic E-state index is 11.9. The van der Waals surface area contributed by atoms with Crippen molar-refractivity contribution in [1.29, 1.82) is 0 Å². The van der Waals surface area contributed by atoms with Gasteiger partial charge >= 0.3 is 0 Å². The van der Waals surface area contributed by atoms with Crippen molar-refractivity contribution in [3.05, 3.63) is 45.9 Å². The zero-order valence-electron chi connectivity index (χ0n) is 13.5. The number of ether oxygens (including phenoxy) is 1. The largest absolute Gasteiger partial charge is 0.486 e. The molecule has 0 fully saturated rings. The molecule has 0 aliphatic heterocycles. The Kier molecular flexibility index (Phi) is 6.79. The highest BCUT2D eigenvalue weighted by Crippen LogP contribution is 2.16. The van der Waals surface area contributed by atoms with E-state index in [9.17, 15) is 4.79 Å². The van der Waals surface area contributed by atoms with Crippen molar-refractivity contribution in [1.82, 2.24) is 10.3 Å². The van der Waals surface area contributed by atoms with Crippen LogP contribution in [0.25, 0.3) is 0 Å². The fraction of sp³-hybridized carbons (Fsp3) is 0.333. The molecule has 1 aromatic carbocycles. The SMILES string of the molecule is C#CC[C@H](CO)NC(=O)Cc1csc(COc2ccc(C)cc2)n1. The van der Waals surface area contributed by atoms with Crippen LogP contribution in [0.5, 0.6) is 5.75 Å². The summed E-state index contributed by atoms with van der Waals surface area (Å²) in [6.07, 6.45) is 5.64. The van der Waals surface area contributed by atoms with Crippen LogP contribution in [0, 0.1) is 19.3 Å². The fourth-order valence-corrected chi connectivity index (χ4v) is 2.73. The molecule has 0 saturated heterocycles. The van der Waals surface area contributed by atoms with Crippen LogP contribution in [0.1, 0.15) is 22.7 Å². The van der Waals surface area contributed by atoms with E-state index in [0.717, 1.165) is 10.8 Å². The van der Waals surface area contributed by atoms with Gasteiger partial charge in [0.15, 0.2) is 0 Å². The number of benzene rings is 1. The Morgan fingerprint density at radius 3 is 2.88 bits per heavy atom. The van der Waals surface area contributed by atoms with Gasteiger partial charge in [0.2, 0.25) is 5.91 Å². The summed E-state index contributed by atoms with van der Waals surface area (Å²) >= 11 is 1.45. The maximum Gasteiger partial charge on any atom is 0.226 e. The molecule has 2 rings (SSSR count). The van der Waals surface area contributed by atoms with Gasteiger partial charge in [0.05, 0.1) is 24.8 Å². The molecule has 1 heterocycles.